The minimum atomic E-state index is -0.489. The minimum Gasteiger partial charge on any atom is -0.481 e. The van der Waals surface area contributed by atoms with E-state index in [1.54, 1.807) is 37.2 Å². The van der Waals surface area contributed by atoms with E-state index < -0.39 is 5.95 Å². The maximum atomic E-state index is 14.6. The van der Waals surface area contributed by atoms with Crippen LogP contribution >= 0.6 is 11.8 Å². The summed E-state index contributed by atoms with van der Waals surface area (Å²) in [5.41, 5.74) is 3.20. The maximum Gasteiger partial charge on any atom is 0.218 e. The summed E-state index contributed by atoms with van der Waals surface area (Å²) < 4.78 is 19.9. The van der Waals surface area contributed by atoms with Gasteiger partial charge in [-0.1, -0.05) is 12.1 Å². The standard InChI is InChI=1S/C21H20FN5OS/c1-28-21-14(4-3-7-23-21)10-24-18-6-5-13(19(22)27-18)8-15-11-25-20-17(15)9-16(29-2)12-26-20/h3-7,9,11-12H,8,10H2,1-2H3,(H,24,27)(H,25,26). The highest BCUT2D eigenvalue weighted by molar-refractivity contribution is 7.98. The number of nitrogens with zero attached hydrogens (tertiary/aromatic N) is 3. The summed E-state index contributed by atoms with van der Waals surface area (Å²) in [7, 11) is 1.57. The van der Waals surface area contributed by atoms with Crippen LogP contribution in [0.3, 0.4) is 0 Å². The number of pyridine rings is 3. The third-order valence-corrected chi connectivity index (χ3v) is 5.33. The molecule has 4 rings (SSSR count). The Hall–Kier alpha value is -3.13. The van der Waals surface area contributed by atoms with Crippen molar-refractivity contribution in [2.75, 3.05) is 18.7 Å². The van der Waals surface area contributed by atoms with Crippen LogP contribution < -0.4 is 10.1 Å². The Bertz CT molecular complexity index is 1150. The number of rotatable bonds is 7. The molecule has 4 aromatic rings. The highest BCUT2D eigenvalue weighted by atomic mass is 32.2. The van der Waals surface area contributed by atoms with Gasteiger partial charge in [0.05, 0.1) is 7.11 Å². The van der Waals surface area contributed by atoms with Gasteiger partial charge in [0.2, 0.25) is 11.8 Å². The smallest absolute Gasteiger partial charge is 0.218 e. The SMILES string of the molecule is COc1ncccc1CNc1ccc(Cc2c[nH]c3ncc(SC)cc23)c(F)n1. The molecule has 0 aliphatic heterocycles. The third kappa shape index (κ3) is 4.17. The van der Waals surface area contributed by atoms with Crippen LogP contribution in [0.15, 0.2) is 53.8 Å². The second-order valence-electron chi connectivity index (χ2n) is 6.43. The van der Waals surface area contributed by atoms with Gasteiger partial charge in [-0.25, -0.2) is 15.0 Å². The molecule has 4 aromatic heterocycles. The van der Waals surface area contributed by atoms with Crippen molar-refractivity contribution in [1.29, 1.82) is 0 Å². The molecular formula is C21H20FN5OS. The first-order valence-electron chi connectivity index (χ1n) is 9.05. The summed E-state index contributed by atoms with van der Waals surface area (Å²) in [5.74, 6) is 0.508. The molecule has 2 N–H and O–H groups in total. The zero-order chi connectivity index (χ0) is 20.2. The van der Waals surface area contributed by atoms with Gasteiger partial charge in [-0.3, -0.25) is 0 Å². The highest BCUT2D eigenvalue weighted by Crippen LogP contribution is 2.25. The molecule has 0 spiro atoms. The minimum absolute atomic E-state index is 0.439. The Morgan fingerprint density at radius 1 is 1.17 bits per heavy atom. The third-order valence-electron chi connectivity index (χ3n) is 4.64. The molecule has 148 valence electrons. The molecule has 0 saturated heterocycles. The van der Waals surface area contributed by atoms with Crippen molar-refractivity contribution < 1.29 is 9.13 Å². The monoisotopic (exact) mass is 409 g/mol. The van der Waals surface area contributed by atoms with Crippen LogP contribution in [0.25, 0.3) is 11.0 Å². The summed E-state index contributed by atoms with van der Waals surface area (Å²) >= 11 is 1.63. The molecule has 0 bridgehead atoms. The molecule has 0 aliphatic rings. The van der Waals surface area contributed by atoms with Gasteiger partial charge in [0.1, 0.15) is 11.5 Å². The van der Waals surface area contributed by atoms with Crippen molar-refractivity contribution in [2.45, 2.75) is 17.9 Å². The molecular weight excluding hydrogens is 389 g/mol. The molecule has 6 nitrogen and oxygen atoms in total. The van der Waals surface area contributed by atoms with Crippen molar-refractivity contribution in [2.24, 2.45) is 0 Å². The molecule has 0 unspecified atom stereocenters. The summed E-state index contributed by atoms with van der Waals surface area (Å²) in [6.45, 7) is 0.439. The van der Waals surface area contributed by atoms with E-state index in [4.69, 9.17) is 4.74 Å². The van der Waals surface area contributed by atoms with E-state index in [1.807, 2.05) is 30.8 Å². The molecule has 0 amide bonds. The molecule has 0 saturated carbocycles. The number of H-pyrrole nitrogens is 1. The lowest BCUT2D eigenvalue weighted by Crippen LogP contribution is -2.06. The van der Waals surface area contributed by atoms with E-state index in [9.17, 15) is 4.39 Å². The number of methoxy groups -OCH3 is 1. The summed E-state index contributed by atoms with van der Waals surface area (Å²) in [4.78, 5) is 16.8. The van der Waals surface area contributed by atoms with E-state index >= 15 is 0 Å². The Morgan fingerprint density at radius 3 is 2.86 bits per heavy atom. The van der Waals surface area contributed by atoms with Gasteiger partial charge in [0.15, 0.2) is 0 Å². The second-order valence-corrected chi connectivity index (χ2v) is 7.31. The Labute approximate surface area is 172 Å². The van der Waals surface area contributed by atoms with Crippen LogP contribution in [0.5, 0.6) is 5.88 Å². The van der Waals surface area contributed by atoms with Gasteiger partial charge in [0.25, 0.3) is 0 Å². The average Bonchev–Trinajstić information content (AvgIpc) is 3.16. The Kier molecular flexibility index (Phi) is 5.62. The molecule has 0 aromatic carbocycles. The van der Waals surface area contributed by atoms with E-state index in [0.717, 1.165) is 27.1 Å². The van der Waals surface area contributed by atoms with Crippen molar-refractivity contribution in [3.8, 4) is 5.88 Å². The van der Waals surface area contributed by atoms with E-state index in [2.05, 4.69) is 31.3 Å². The average molecular weight is 409 g/mol. The van der Waals surface area contributed by atoms with E-state index in [1.165, 1.54) is 0 Å². The van der Waals surface area contributed by atoms with E-state index in [-0.39, 0.29) is 0 Å². The maximum absolute atomic E-state index is 14.6. The van der Waals surface area contributed by atoms with Crippen molar-refractivity contribution in [1.82, 2.24) is 19.9 Å². The number of aromatic nitrogens is 4. The zero-order valence-electron chi connectivity index (χ0n) is 16.1. The molecule has 29 heavy (non-hydrogen) atoms. The number of ether oxygens (including phenoxy) is 1. The zero-order valence-corrected chi connectivity index (χ0v) is 16.9. The molecule has 0 aliphatic carbocycles. The predicted molar refractivity (Wildman–Crippen MR) is 113 cm³/mol. The van der Waals surface area contributed by atoms with Gasteiger partial charge < -0.3 is 15.0 Å². The largest absolute Gasteiger partial charge is 0.481 e. The fourth-order valence-electron chi connectivity index (χ4n) is 3.12. The van der Waals surface area contributed by atoms with Gasteiger partial charge >= 0.3 is 0 Å². The summed E-state index contributed by atoms with van der Waals surface area (Å²) in [6, 6.07) is 9.34. The highest BCUT2D eigenvalue weighted by Gasteiger charge is 2.12. The van der Waals surface area contributed by atoms with Crippen LogP contribution in [0.1, 0.15) is 16.7 Å². The van der Waals surface area contributed by atoms with Gasteiger partial charge in [-0.15, -0.1) is 11.8 Å². The topological polar surface area (TPSA) is 75.7 Å². The predicted octanol–water partition coefficient (Wildman–Crippen LogP) is 4.43. The number of fused-ring (bicyclic) bond motifs is 1. The van der Waals surface area contributed by atoms with Crippen LogP contribution in [-0.2, 0) is 13.0 Å². The number of halogens is 1. The summed E-state index contributed by atoms with van der Waals surface area (Å²) in [6.07, 6.45) is 7.81. The molecule has 0 atom stereocenters. The fraction of sp³-hybridized carbons (Fsp3) is 0.190. The van der Waals surface area contributed by atoms with Gasteiger partial charge in [0, 0.05) is 53.0 Å². The lowest BCUT2D eigenvalue weighted by atomic mass is 10.1. The van der Waals surface area contributed by atoms with Gasteiger partial charge in [-0.2, -0.15) is 4.39 Å². The lowest BCUT2D eigenvalue weighted by Gasteiger charge is -2.10. The normalized spacial score (nSPS) is 11.0. The van der Waals surface area contributed by atoms with Crippen LogP contribution in [0.2, 0.25) is 0 Å². The first kappa shape index (κ1) is 19.2. The Morgan fingerprint density at radius 2 is 2.07 bits per heavy atom. The number of hydrogen-bond donors (Lipinski definition) is 2. The quantitative estimate of drug-likeness (QED) is 0.348. The van der Waals surface area contributed by atoms with Crippen LogP contribution in [-0.4, -0.2) is 33.3 Å². The first-order chi connectivity index (χ1) is 14.2. The van der Waals surface area contributed by atoms with E-state index in [0.29, 0.717) is 30.2 Å². The van der Waals surface area contributed by atoms with Crippen LogP contribution in [0, 0.1) is 5.95 Å². The first-order valence-corrected chi connectivity index (χ1v) is 10.3. The molecule has 0 fully saturated rings. The number of anilines is 1. The summed E-state index contributed by atoms with van der Waals surface area (Å²) in [5, 5.41) is 4.12. The number of nitrogens with one attached hydrogen (secondary N) is 2. The lowest BCUT2D eigenvalue weighted by molar-refractivity contribution is 0.393. The van der Waals surface area contributed by atoms with Crippen molar-refractivity contribution >= 4 is 28.6 Å². The Balaban J connectivity index is 1.50. The second kappa shape index (κ2) is 8.48. The van der Waals surface area contributed by atoms with Crippen molar-refractivity contribution in [3.63, 3.8) is 0 Å². The van der Waals surface area contributed by atoms with Crippen LogP contribution in [0.4, 0.5) is 10.2 Å². The number of thioether (sulfide) groups is 1. The van der Waals surface area contributed by atoms with Crippen molar-refractivity contribution in [3.05, 3.63) is 71.6 Å². The number of aromatic amines is 1. The molecule has 8 heteroatoms. The molecule has 0 radical (unpaired) electrons. The van der Waals surface area contributed by atoms with Gasteiger partial charge in [-0.05, 0) is 30.0 Å². The molecule has 4 heterocycles. The fourth-order valence-corrected chi connectivity index (χ4v) is 3.52. The number of hydrogen-bond acceptors (Lipinski definition) is 6.